The highest BCUT2D eigenvalue weighted by atomic mass is 35.5. The molecule has 0 radical (unpaired) electrons. The Bertz CT molecular complexity index is 538. The van der Waals surface area contributed by atoms with Crippen LogP contribution in [0.3, 0.4) is 0 Å². The molecule has 0 saturated carbocycles. The van der Waals surface area contributed by atoms with Gasteiger partial charge in [-0.1, -0.05) is 36.6 Å². The van der Waals surface area contributed by atoms with Gasteiger partial charge in [0.2, 0.25) is 5.91 Å². The Hall–Kier alpha value is -1.55. The number of amides is 1. The van der Waals surface area contributed by atoms with Crippen molar-refractivity contribution in [2.45, 2.75) is 51.4 Å². The van der Waals surface area contributed by atoms with Crippen LogP contribution in [0.1, 0.15) is 50.5 Å². The molecule has 0 aliphatic carbocycles. The van der Waals surface area contributed by atoms with E-state index in [4.69, 9.17) is 11.6 Å². The van der Waals surface area contributed by atoms with Crippen LogP contribution < -0.4 is 0 Å². The molecule has 4 nitrogen and oxygen atoms in total. The van der Waals surface area contributed by atoms with Crippen molar-refractivity contribution in [3.63, 3.8) is 0 Å². The van der Waals surface area contributed by atoms with Gasteiger partial charge in [-0.05, 0) is 56.2 Å². The number of benzene rings is 1. The van der Waals surface area contributed by atoms with Gasteiger partial charge in [0.15, 0.2) is 0 Å². The van der Waals surface area contributed by atoms with Crippen molar-refractivity contribution in [3.8, 4) is 0 Å². The fourth-order valence-corrected chi connectivity index (χ4v) is 3.32. The zero-order chi connectivity index (χ0) is 17.4. The number of halogens is 1. The first kappa shape index (κ1) is 18.8. The van der Waals surface area contributed by atoms with E-state index in [0.717, 1.165) is 50.0 Å². The summed E-state index contributed by atoms with van der Waals surface area (Å²) in [6, 6.07) is 7.80. The van der Waals surface area contributed by atoms with Gasteiger partial charge in [0.25, 0.3) is 0 Å². The van der Waals surface area contributed by atoms with E-state index in [0.29, 0.717) is 19.5 Å². The molecular weight excluding hydrogens is 326 g/mol. The number of piperidine rings is 1. The summed E-state index contributed by atoms with van der Waals surface area (Å²) in [5.74, 6) is -2.05. The number of carbonyl (C=O) groups is 2. The molecule has 1 fully saturated rings. The molecule has 132 valence electrons. The molecule has 0 bridgehead atoms. The summed E-state index contributed by atoms with van der Waals surface area (Å²) in [6.07, 6.45) is 7.18. The van der Waals surface area contributed by atoms with Gasteiger partial charge in [0.05, 0.1) is 0 Å². The number of likely N-dealkylation sites (tertiary alicyclic amines) is 1. The molecule has 1 unspecified atom stereocenters. The van der Waals surface area contributed by atoms with Crippen molar-refractivity contribution < 1.29 is 14.7 Å². The Morgan fingerprint density at radius 3 is 2.33 bits per heavy atom. The second-order valence-electron chi connectivity index (χ2n) is 6.50. The van der Waals surface area contributed by atoms with Crippen molar-refractivity contribution in [1.29, 1.82) is 0 Å². The van der Waals surface area contributed by atoms with E-state index in [-0.39, 0.29) is 5.91 Å². The fourth-order valence-electron chi connectivity index (χ4n) is 3.19. The Morgan fingerprint density at radius 2 is 1.71 bits per heavy atom. The first-order valence-electron chi connectivity index (χ1n) is 8.84. The normalized spacial score (nSPS) is 16.0. The molecule has 5 heteroatoms. The van der Waals surface area contributed by atoms with E-state index >= 15 is 0 Å². The Kier molecular flexibility index (Phi) is 7.57. The van der Waals surface area contributed by atoms with Crippen molar-refractivity contribution >= 4 is 23.5 Å². The van der Waals surface area contributed by atoms with E-state index in [2.05, 4.69) is 0 Å². The topological polar surface area (TPSA) is 57.6 Å². The average molecular weight is 352 g/mol. The number of nitrogens with zero attached hydrogens (tertiary/aromatic N) is 1. The van der Waals surface area contributed by atoms with Crippen LogP contribution in [0.15, 0.2) is 24.3 Å². The number of aryl methyl sites for hydroxylation is 1. The minimum atomic E-state index is -0.983. The van der Waals surface area contributed by atoms with Crippen molar-refractivity contribution in [2.75, 3.05) is 13.1 Å². The predicted octanol–water partition coefficient (Wildman–Crippen LogP) is 4.16. The first-order chi connectivity index (χ1) is 11.6. The second kappa shape index (κ2) is 9.67. The van der Waals surface area contributed by atoms with Crippen LogP contribution in [-0.2, 0) is 16.0 Å². The summed E-state index contributed by atoms with van der Waals surface area (Å²) in [7, 11) is 0. The summed E-state index contributed by atoms with van der Waals surface area (Å²) in [5.41, 5.74) is 1.23. The number of carboxylic acid groups (broad SMARTS) is 1. The van der Waals surface area contributed by atoms with Gasteiger partial charge in [-0.25, -0.2) is 0 Å². The molecule has 1 atom stereocenters. The van der Waals surface area contributed by atoms with Crippen molar-refractivity contribution in [3.05, 3.63) is 34.9 Å². The fraction of sp³-hybridized carbons (Fsp3) is 0.579. The third kappa shape index (κ3) is 5.82. The van der Waals surface area contributed by atoms with E-state index in [1.165, 1.54) is 5.56 Å². The lowest BCUT2D eigenvalue weighted by Gasteiger charge is -2.29. The van der Waals surface area contributed by atoms with Crippen LogP contribution in [0.4, 0.5) is 0 Å². The number of carboxylic acids is 1. The van der Waals surface area contributed by atoms with Gasteiger partial charge in [0.1, 0.15) is 5.92 Å². The quantitative estimate of drug-likeness (QED) is 0.565. The van der Waals surface area contributed by atoms with Gasteiger partial charge in [-0.2, -0.15) is 0 Å². The highest BCUT2D eigenvalue weighted by Crippen LogP contribution is 2.18. The minimum Gasteiger partial charge on any atom is -0.481 e. The standard InChI is InChI=1S/C19H26ClNO3/c20-16-11-9-15(10-12-16)7-3-1-4-8-17(19(23)24)18(22)21-13-5-2-6-14-21/h9-12,17H,1-8,13-14H2,(H,23,24). The maximum absolute atomic E-state index is 12.4. The maximum Gasteiger partial charge on any atom is 0.316 e. The number of hydrogen-bond donors (Lipinski definition) is 1. The lowest BCUT2D eigenvalue weighted by Crippen LogP contribution is -2.42. The van der Waals surface area contributed by atoms with Crippen LogP contribution >= 0.6 is 11.6 Å². The monoisotopic (exact) mass is 351 g/mol. The second-order valence-corrected chi connectivity index (χ2v) is 6.94. The zero-order valence-corrected chi connectivity index (χ0v) is 14.8. The molecule has 24 heavy (non-hydrogen) atoms. The highest BCUT2D eigenvalue weighted by Gasteiger charge is 2.30. The van der Waals surface area contributed by atoms with Gasteiger partial charge in [0, 0.05) is 18.1 Å². The Labute approximate surface area is 148 Å². The largest absolute Gasteiger partial charge is 0.481 e. The average Bonchev–Trinajstić information content (AvgIpc) is 2.59. The highest BCUT2D eigenvalue weighted by molar-refractivity contribution is 6.30. The predicted molar refractivity (Wildman–Crippen MR) is 95.2 cm³/mol. The van der Waals surface area contributed by atoms with Crippen molar-refractivity contribution in [1.82, 2.24) is 4.90 Å². The van der Waals surface area contributed by atoms with E-state index < -0.39 is 11.9 Å². The summed E-state index contributed by atoms with van der Waals surface area (Å²) in [4.78, 5) is 25.6. The number of unbranched alkanes of at least 4 members (excludes halogenated alkanes) is 2. The van der Waals surface area contributed by atoms with Gasteiger partial charge in [-0.3, -0.25) is 9.59 Å². The third-order valence-electron chi connectivity index (χ3n) is 4.64. The van der Waals surface area contributed by atoms with Crippen LogP contribution in [0, 0.1) is 5.92 Å². The minimum absolute atomic E-state index is 0.195. The lowest BCUT2D eigenvalue weighted by molar-refractivity contribution is -0.152. The number of aliphatic carboxylic acids is 1. The van der Waals surface area contributed by atoms with Crippen LogP contribution in [-0.4, -0.2) is 35.0 Å². The van der Waals surface area contributed by atoms with E-state index in [1.807, 2.05) is 24.3 Å². The molecule has 1 N–H and O–H groups in total. The van der Waals surface area contributed by atoms with Crippen LogP contribution in [0.25, 0.3) is 0 Å². The van der Waals surface area contributed by atoms with Crippen LogP contribution in [0.5, 0.6) is 0 Å². The summed E-state index contributed by atoms with van der Waals surface area (Å²) < 4.78 is 0. The zero-order valence-electron chi connectivity index (χ0n) is 14.0. The molecule has 2 rings (SSSR count). The molecule has 1 aromatic carbocycles. The molecule has 1 aliphatic rings. The van der Waals surface area contributed by atoms with E-state index in [1.54, 1.807) is 4.90 Å². The molecule has 1 saturated heterocycles. The van der Waals surface area contributed by atoms with Gasteiger partial charge >= 0.3 is 5.97 Å². The Balaban J connectivity index is 1.72. The number of hydrogen-bond acceptors (Lipinski definition) is 2. The van der Waals surface area contributed by atoms with Gasteiger partial charge in [-0.15, -0.1) is 0 Å². The third-order valence-corrected chi connectivity index (χ3v) is 4.89. The Morgan fingerprint density at radius 1 is 1.04 bits per heavy atom. The smallest absolute Gasteiger partial charge is 0.316 e. The number of carbonyl (C=O) groups excluding carboxylic acids is 1. The van der Waals surface area contributed by atoms with E-state index in [9.17, 15) is 14.7 Å². The molecule has 1 amide bonds. The summed E-state index contributed by atoms with van der Waals surface area (Å²) in [6.45, 7) is 1.42. The molecule has 0 aromatic heterocycles. The molecular formula is C19H26ClNO3. The molecule has 1 heterocycles. The van der Waals surface area contributed by atoms with Crippen molar-refractivity contribution in [2.24, 2.45) is 5.92 Å². The number of rotatable bonds is 8. The lowest BCUT2D eigenvalue weighted by atomic mass is 9.97. The van der Waals surface area contributed by atoms with Crippen LogP contribution in [0.2, 0.25) is 5.02 Å². The molecule has 1 aliphatic heterocycles. The summed E-state index contributed by atoms with van der Waals surface area (Å²) >= 11 is 5.86. The first-order valence-corrected chi connectivity index (χ1v) is 9.22. The van der Waals surface area contributed by atoms with Gasteiger partial charge < -0.3 is 10.0 Å². The maximum atomic E-state index is 12.4. The SMILES string of the molecule is O=C(O)C(CCCCCc1ccc(Cl)cc1)C(=O)N1CCCCC1. The molecule has 0 spiro atoms. The molecule has 1 aromatic rings. The summed E-state index contributed by atoms with van der Waals surface area (Å²) in [5, 5.41) is 10.1.